The maximum atomic E-state index is 13.3. The second-order valence-corrected chi connectivity index (χ2v) is 9.27. The van der Waals surface area contributed by atoms with Gasteiger partial charge in [0.05, 0.1) is 11.4 Å². The zero-order valence-electron chi connectivity index (χ0n) is 21.2. The topological polar surface area (TPSA) is 79.3 Å². The predicted molar refractivity (Wildman–Crippen MR) is 149 cm³/mol. The second-order valence-electron chi connectivity index (χ2n) is 8.83. The lowest BCUT2D eigenvalue weighted by Gasteiger charge is -2.22. The Kier molecular flexibility index (Phi) is 8.25. The molecule has 37 heavy (non-hydrogen) atoms. The van der Waals surface area contributed by atoms with E-state index in [1.165, 1.54) is 4.90 Å². The Hall–Kier alpha value is -4.10. The SMILES string of the molecule is CCCN(CC(=O)Nc1c(-c2ccccc2)c(C)nn1-c1ccc(C)cc1)C(=O)Nc1ccc(Cl)cc1. The van der Waals surface area contributed by atoms with E-state index < -0.39 is 0 Å². The van der Waals surface area contributed by atoms with Gasteiger partial charge in [-0.1, -0.05) is 66.6 Å². The minimum Gasteiger partial charge on any atom is -0.315 e. The molecule has 0 radical (unpaired) electrons. The molecule has 0 atom stereocenters. The van der Waals surface area contributed by atoms with Crippen LogP contribution in [0.4, 0.5) is 16.3 Å². The summed E-state index contributed by atoms with van der Waals surface area (Å²) >= 11 is 5.95. The van der Waals surface area contributed by atoms with Crippen LogP contribution >= 0.6 is 11.6 Å². The summed E-state index contributed by atoms with van der Waals surface area (Å²) in [5.41, 5.74) is 5.13. The van der Waals surface area contributed by atoms with E-state index in [9.17, 15) is 9.59 Å². The summed E-state index contributed by atoms with van der Waals surface area (Å²) in [6.07, 6.45) is 0.705. The maximum absolute atomic E-state index is 13.3. The van der Waals surface area contributed by atoms with Crippen molar-refractivity contribution in [3.05, 3.63) is 95.1 Å². The number of rotatable bonds is 8. The van der Waals surface area contributed by atoms with Gasteiger partial charge in [0.15, 0.2) is 0 Å². The molecule has 0 fully saturated rings. The molecule has 0 aliphatic carbocycles. The molecule has 0 bridgehead atoms. The van der Waals surface area contributed by atoms with Gasteiger partial charge in [-0.25, -0.2) is 9.48 Å². The summed E-state index contributed by atoms with van der Waals surface area (Å²) in [5.74, 6) is 0.247. The van der Waals surface area contributed by atoms with Crippen LogP contribution in [0.1, 0.15) is 24.6 Å². The molecule has 0 saturated carbocycles. The van der Waals surface area contributed by atoms with Crippen molar-refractivity contribution in [2.24, 2.45) is 0 Å². The molecule has 3 amide bonds. The summed E-state index contributed by atoms with van der Waals surface area (Å²) in [5, 5.41) is 11.2. The van der Waals surface area contributed by atoms with Crippen molar-refractivity contribution >= 4 is 35.0 Å². The van der Waals surface area contributed by atoms with E-state index in [0.717, 1.165) is 28.1 Å². The zero-order chi connectivity index (χ0) is 26.4. The molecule has 0 unspecified atom stereocenters. The number of aromatic nitrogens is 2. The molecule has 1 aromatic heterocycles. The van der Waals surface area contributed by atoms with Crippen LogP contribution in [0.15, 0.2) is 78.9 Å². The number of carbonyl (C=O) groups is 2. The Morgan fingerprint density at radius 1 is 0.919 bits per heavy atom. The van der Waals surface area contributed by atoms with Gasteiger partial charge in [0.25, 0.3) is 0 Å². The van der Waals surface area contributed by atoms with E-state index in [0.29, 0.717) is 29.5 Å². The van der Waals surface area contributed by atoms with Crippen LogP contribution in [0, 0.1) is 13.8 Å². The lowest BCUT2D eigenvalue weighted by Crippen LogP contribution is -2.41. The van der Waals surface area contributed by atoms with Crippen LogP contribution in [-0.2, 0) is 4.79 Å². The fourth-order valence-corrected chi connectivity index (χ4v) is 4.19. The number of hydrogen-bond donors (Lipinski definition) is 2. The van der Waals surface area contributed by atoms with Gasteiger partial charge in [0.2, 0.25) is 5.91 Å². The Bertz CT molecular complexity index is 1370. The quantitative estimate of drug-likeness (QED) is 0.274. The highest BCUT2D eigenvalue weighted by Gasteiger charge is 2.22. The molecule has 0 aliphatic heterocycles. The fourth-order valence-electron chi connectivity index (χ4n) is 4.07. The molecule has 4 rings (SSSR count). The Morgan fingerprint density at radius 3 is 2.24 bits per heavy atom. The number of carbonyl (C=O) groups excluding carboxylic acids is 2. The third kappa shape index (κ3) is 6.37. The molecule has 1 heterocycles. The molecule has 190 valence electrons. The highest BCUT2D eigenvalue weighted by atomic mass is 35.5. The first-order valence-corrected chi connectivity index (χ1v) is 12.6. The second kappa shape index (κ2) is 11.8. The van der Waals surface area contributed by atoms with Gasteiger partial charge in [-0.3, -0.25) is 4.79 Å². The largest absolute Gasteiger partial charge is 0.322 e. The summed E-state index contributed by atoms with van der Waals surface area (Å²) < 4.78 is 1.74. The third-order valence-corrected chi connectivity index (χ3v) is 6.12. The van der Waals surface area contributed by atoms with Crippen molar-refractivity contribution in [3.8, 4) is 16.8 Å². The summed E-state index contributed by atoms with van der Waals surface area (Å²) in [4.78, 5) is 27.8. The maximum Gasteiger partial charge on any atom is 0.322 e. The smallest absolute Gasteiger partial charge is 0.315 e. The van der Waals surface area contributed by atoms with Crippen molar-refractivity contribution in [2.45, 2.75) is 27.2 Å². The lowest BCUT2D eigenvalue weighted by molar-refractivity contribution is -0.116. The van der Waals surface area contributed by atoms with Crippen LogP contribution in [0.2, 0.25) is 5.02 Å². The standard InChI is InChI=1S/C29H30ClN5O2/c1-4-18-34(29(37)31-24-14-12-23(30)13-15-24)19-26(36)32-28-27(22-8-6-5-7-9-22)21(3)33-35(28)25-16-10-20(2)11-17-25/h5-17H,4,18-19H2,1-3H3,(H,31,37)(H,32,36). The van der Waals surface area contributed by atoms with Gasteiger partial charge >= 0.3 is 6.03 Å². The zero-order valence-corrected chi connectivity index (χ0v) is 21.9. The van der Waals surface area contributed by atoms with Gasteiger partial charge in [0.1, 0.15) is 12.4 Å². The molecular weight excluding hydrogens is 486 g/mol. The van der Waals surface area contributed by atoms with E-state index in [1.807, 2.05) is 75.4 Å². The highest BCUT2D eigenvalue weighted by Crippen LogP contribution is 2.33. The van der Waals surface area contributed by atoms with Gasteiger partial charge in [0, 0.05) is 22.8 Å². The first kappa shape index (κ1) is 26.0. The van der Waals surface area contributed by atoms with Gasteiger partial charge in [-0.05, 0) is 62.2 Å². The van der Waals surface area contributed by atoms with Crippen LogP contribution in [-0.4, -0.2) is 39.7 Å². The van der Waals surface area contributed by atoms with Crippen molar-refractivity contribution in [3.63, 3.8) is 0 Å². The average Bonchev–Trinajstić information content (AvgIpc) is 3.21. The summed E-state index contributed by atoms with van der Waals surface area (Å²) in [6, 6.07) is 24.3. The number of nitrogens with one attached hydrogen (secondary N) is 2. The Morgan fingerprint density at radius 2 is 1.59 bits per heavy atom. The number of anilines is 2. The van der Waals surface area contributed by atoms with Crippen molar-refractivity contribution in [1.29, 1.82) is 0 Å². The molecule has 0 aliphatic rings. The highest BCUT2D eigenvalue weighted by molar-refractivity contribution is 6.30. The number of urea groups is 1. The molecular formula is C29H30ClN5O2. The van der Waals surface area contributed by atoms with Gasteiger partial charge in [-0.2, -0.15) is 5.10 Å². The number of nitrogens with zero attached hydrogens (tertiary/aromatic N) is 3. The van der Waals surface area contributed by atoms with E-state index in [2.05, 4.69) is 10.6 Å². The number of amides is 3. The van der Waals surface area contributed by atoms with E-state index >= 15 is 0 Å². The molecule has 0 saturated heterocycles. The van der Waals surface area contributed by atoms with Crippen LogP contribution in [0.3, 0.4) is 0 Å². The molecule has 7 nitrogen and oxygen atoms in total. The molecule has 8 heteroatoms. The molecule has 0 spiro atoms. The molecule has 3 aromatic carbocycles. The summed E-state index contributed by atoms with van der Waals surface area (Å²) in [6.45, 7) is 6.22. The van der Waals surface area contributed by atoms with Crippen molar-refractivity contribution in [1.82, 2.24) is 14.7 Å². The number of aryl methyl sites for hydroxylation is 2. The van der Waals surface area contributed by atoms with E-state index in [-0.39, 0.29) is 18.5 Å². The normalized spacial score (nSPS) is 10.7. The monoisotopic (exact) mass is 515 g/mol. The third-order valence-electron chi connectivity index (χ3n) is 5.87. The minimum absolute atomic E-state index is 0.111. The van der Waals surface area contributed by atoms with Crippen LogP contribution in [0.5, 0.6) is 0 Å². The first-order valence-electron chi connectivity index (χ1n) is 12.2. The number of halogens is 1. The van der Waals surface area contributed by atoms with Crippen molar-refractivity contribution < 1.29 is 9.59 Å². The van der Waals surface area contributed by atoms with E-state index in [1.54, 1.807) is 28.9 Å². The van der Waals surface area contributed by atoms with E-state index in [4.69, 9.17) is 16.7 Å². The average molecular weight is 516 g/mol. The Labute approximate surface area is 222 Å². The predicted octanol–water partition coefficient (Wildman–Crippen LogP) is 6.69. The number of hydrogen-bond acceptors (Lipinski definition) is 3. The molecule has 2 N–H and O–H groups in total. The van der Waals surface area contributed by atoms with Crippen molar-refractivity contribution in [2.75, 3.05) is 23.7 Å². The fraction of sp³-hybridized carbons (Fsp3) is 0.207. The number of benzene rings is 3. The van der Waals surface area contributed by atoms with Crippen LogP contribution in [0.25, 0.3) is 16.8 Å². The van der Waals surface area contributed by atoms with Crippen LogP contribution < -0.4 is 10.6 Å². The Balaban J connectivity index is 1.61. The lowest BCUT2D eigenvalue weighted by atomic mass is 10.1. The van der Waals surface area contributed by atoms with Gasteiger partial charge in [-0.15, -0.1) is 0 Å². The first-order chi connectivity index (χ1) is 17.9. The van der Waals surface area contributed by atoms with Gasteiger partial charge < -0.3 is 15.5 Å². The minimum atomic E-state index is -0.356. The molecule has 4 aromatic rings. The summed E-state index contributed by atoms with van der Waals surface area (Å²) in [7, 11) is 0.